The Morgan fingerprint density at radius 2 is 2.46 bits per heavy atom. The fourth-order valence-corrected chi connectivity index (χ4v) is 3.57. The highest BCUT2D eigenvalue weighted by atomic mass is 16.5. The number of Topliss-reactive ketones (excluding diaryl/α,β-unsaturated/α-hetero) is 1. The van der Waals surface area contributed by atoms with Crippen LogP contribution in [0.4, 0.5) is 0 Å². The van der Waals surface area contributed by atoms with E-state index in [0.29, 0.717) is 5.92 Å². The minimum atomic E-state index is -0.430. The Kier molecular flexibility index (Phi) is 1.21. The summed E-state index contributed by atoms with van der Waals surface area (Å²) < 4.78 is 5.72. The van der Waals surface area contributed by atoms with Crippen LogP contribution in [0.2, 0.25) is 0 Å². The molecular weight excluding hydrogens is 168 g/mol. The molecule has 0 unspecified atom stereocenters. The number of aliphatic hydroxyl groups is 1. The molecule has 0 aromatic carbocycles. The van der Waals surface area contributed by atoms with Crippen LogP contribution >= 0.6 is 0 Å². The predicted octanol–water partition coefficient (Wildman–Crippen LogP) is 0.505. The molecule has 4 bridgehead atoms. The van der Waals surface area contributed by atoms with Crippen molar-refractivity contribution in [2.45, 2.75) is 37.9 Å². The first-order valence-corrected chi connectivity index (χ1v) is 4.93. The molecule has 4 rings (SSSR count). The molecular formula is C10H14O3. The Hall–Kier alpha value is -0.410. The molecule has 2 saturated carbocycles. The van der Waals surface area contributed by atoms with Crippen LogP contribution < -0.4 is 0 Å². The molecule has 72 valence electrons. The van der Waals surface area contributed by atoms with E-state index in [0.717, 1.165) is 19.3 Å². The summed E-state index contributed by atoms with van der Waals surface area (Å²) in [5, 5.41) is 9.32. The van der Waals surface area contributed by atoms with Gasteiger partial charge in [-0.2, -0.15) is 0 Å². The maximum atomic E-state index is 11.8. The molecule has 0 spiro atoms. The Balaban J connectivity index is 2.08. The summed E-state index contributed by atoms with van der Waals surface area (Å²) >= 11 is 0. The summed E-state index contributed by atoms with van der Waals surface area (Å²) in [6, 6.07) is 0. The van der Waals surface area contributed by atoms with Gasteiger partial charge in [0.15, 0.2) is 5.78 Å². The average Bonchev–Trinajstić information content (AvgIpc) is 2.47. The van der Waals surface area contributed by atoms with Gasteiger partial charge in [-0.25, -0.2) is 0 Å². The molecule has 4 atom stereocenters. The van der Waals surface area contributed by atoms with Crippen molar-refractivity contribution >= 4 is 5.78 Å². The number of ketones is 1. The molecule has 0 aromatic heterocycles. The Labute approximate surface area is 77.1 Å². The number of aliphatic hydroxyl groups excluding tert-OH is 1. The lowest BCUT2D eigenvalue weighted by atomic mass is 9.74. The zero-order valence-corrected chi connectivity index (χ0v) is 7.75. The molecule has 0 radical (unpaired) electrons. The molecule has 4 fully saturated rings. The summed E-state index contributed by atoms with van der Waals surface area (Å²) in [4.78, 5) is 11.8. The van der Waals surface area contributed by atoms with Crippen molar-refractivity contribution in [1.29, 1.82) is 0 Å². The van der Waals surface area contributed by atoms with Gasteiger partial charge in [-0.1, -0.05) is 0 Å². The molecule has 3 heteroatoms. The molecule has 0 aromatic rings. The van der Waals surface area contributed by atoms with Crippen LogP contribution in [0.15, 0.2) is 0 Å². The van der Waals surface area contributed by atoms with Crippen LogP contribution in [-0.4, -0.2) is 29.2 Å². The molecule has 3 nitrogen and oxygen atoms in total. The van der Waals surface area contributed by atoms with Crippen LogP contribution in [0.25, 0.3) is 0 Å². The van der Waals surface area contributed by atoms with Crippen molar-refractivity contribution in [3.8, 4) is 0 Å². The van der Waals surface area contributed by atoms with Gasteiger partial charge in [0.2, 0.25) is 0 Å². The van der Waals surface area contributed by atoms with Crippen molar-refractivity contribution in [2.75, 3.05) is 6.61 Å². The highest BCUT2D eigenvalue weighted by molar-refractivity contribution is 5.92. The van der Waals surface area contributed by atoms with E-state index in [9.17, 15) is 9.90 Å². The van der Waals surface area contributed by atoms with Gasteiger partial charge in [-0.15, -0.1) is 0 Å². The standard InChI is InChI=1S/C10H14O3/c1-9-4-10(5-11)3-6(9)2-7(13-9)8(10)12/h6-7,11H,2-5H2,1H3/t6-,7+,9+,10+/m1/s1. The molecule has 2 heterocycles. The fourth-order valence-electron chi connectivity index (χ4n) is 3.57. The van der Waals surface area contributed by atoms with Crippen LogP contribution in [-0.2, 0) is 9.53 Å². The van der Waals surface area contributed by atoms with Crippen LogP contribution in [0.5, 0.6) is 0 Å². The van der Waals surface area contributed by atoms with Gasteiger partial charge in [0, 0.05) is 0 Å². The minimum absolute atomic E-state index is 0.0117. The maximum Gasteiger partial charge on any atom is 0.170 e. The molecule has 2 aliphatic heterocycles. The van der Waals surface area contributed by atoms with Gasteiger partial charge in [0.1, 0.15) is 6.10 Å². The van der Waals surface area contributed by atoms with E-state index in [4.69, 9.17) is 4.74 Å². The topological polar surface area (TPSA) is 46.5 Å². The van der Waals surface area contributed by atoms with E-state index in [1.807, 2.05) is 0 Å². The van der Waals surface area contributed by atoms with Crippen molar-refractivity contribution < 1.29 is 14.6 Å². The number of carbonyl (C=O) groups is 1. The van der Waals surface area contributed by atoms with Crippen molar-refractivity contribution in [1.82, 2.24) is 0 Å². The van der Waals surface area contributed by atoms with E-state index in [1.54, 1.807) is 0 Å². The average molecular weight is 182 g/mol. The third kappa shape index (κ3) is 0.716. The molecule has 13 heavy (non-hydrogen) atoms. The van der Waals surface area contributed by atoms with E-state index in [1.165, 1.54) is 0 Å². The van der Waals surface area contributed by atoms with E-state index >= 15 is 0 Å². The second kappa shape index (κ2) is 1.98. The van der Waals surface area contributed by atoms with E-state index < -0.39 is 5.41 Å². The first kappa shape index (κ1) is 7.94. The van der Waals surface area contributed by atoms with Gasteiger partial charge in [-0.05, 0) is 32.1 Å². The highest BCUT2D eigenvalue weighted by Gasteiger charge is 2.67. The second-order valence-electron chi connectivity index (χ2n) is 5.04. The molecule has 2 aliphatic carbocycles. The lowest BCUT2D eigenvalue weighted by molar-refractivity contribution is -0.159. The summed E-state index contributed by atoms with van der Waals surface area (Å²) in [5.41, 5.74) is -0.540. The smallest absolute Gasteiger partial charge is 0.170 e. The Morgan fingerprint density at radius 3 is 3.08 bits per heavy atom. The summed E-state index contributed by atoms with van der Waals surface area (Å²) in [6.45, 7) is 2.10. The Bertz CT molecular complexity index is 288. The van der Waals surface area contributed by atoms with E-state index in [2.05, 4.69) is 6.92 Å². The number of rotatable bonds is 1. The Morgan fingerprint density at radius 1 is 1.69 bits per heavy atom. The summed E-state index contributed by atoms with van der Waals surface area (Å²) in [5.74, 6) is 0.656. The van der Waals surface area contributed by atoms with Gasteiger partial charge >= 0.3 is 0 Å². The predicted molar refractivity (Wildman–Crippen MR) is 45.1 cm³/mol. The third-order valence-corrected chi connectivity index (χ3v) is 4.22. The van der Waals surface area contributed by atoms with E-state index in [-0.39, 0.29) is 24.1 Å². The third-order valence-electron chi connectivity index (χ3n) is 4.22. The van der Waals surface area contributed by atoms with Gasteiger partial charge in [0.25, 0.3) is 0 Å². The maximum absolute atomic E-state index is 11.8. The van der Waals surface area contributed by atoms with Crippen molar-refractivity contribution in [3.05, 3.63) is 0 Å². The van der Waals surface area contributed by atoms with Gasteiger partial charge in [-0.3, -0.25) is 4.79 Å². The zero-order chi connectivity index (χ0) is 9.27. The highest BCUT2D eigenvalue weighted by Crippen LogP contribution is 2.61. The van der Waals surface area contributed by atoms with Crippen LogP contribution in [0.3, 0.4) is 0 Å². The minimum Gasteiger partial charge on any atom is -0.395 e. The molecule has 1 N–H and O–H groups in total. The van der Waals surface area contributed by atoms with Crippen LogP contribution in [0.1, 0.15) is 26.2 Å². The van der Waals surface area contributed by atoms with Gasteiger partial charge in [0.05, 0.1) is 17.6 Å². The molecule has 4 aliphatic rings. The summed E-state index contributed by atoms with van der Waals surface area (Å²) in [7, 11) is 0. The molecule has 2 saturated heterocycles. The number of ether oxygens (including phenoxy) is 1. The largest absolute Gasteiger partial charge is 0.395 e. The number of carbonyl (C=O) groups excluding carboxylic acids is 1. The van der Waals surface area contributed by atoms with Crippen molar-refractivity contribution in [3.63, 3.8) is 0 Å². The molecule has 0 amide bonds. The lowest BCUT2D eigenvalue weighted by Gasteiger charge is -2.36. The van der Waals surface area contributed by atoms with Crippen molar-refractivity contribution in [2.24, 2.45) is 11.3 Å². The lowest BCUT2D eigenvalue weighted by Crippen LogP contribution is -2.47. The number of hydrogen-bond donors (Lipinski definition) is 1. The quantitative estimate of drug-likeness (QED) is 0.642. The normalized spacial score (nSPS) is 57.8. The fraction of sp³-hybridized carbons (Fsp3) is 0.900. The number of hydrogen-bond acceptors (Lipinski definition) is 3. The zero-order valence-electron chi connectivity index (χ0n) is 7.75. The first-order valence-electron chi connectivity index (χ1n) is 4.93. The monoisotopic (exact) mass is 182 g/mol. The van der Waals surface area contributed by atoms with Gasteiger partial charge < -0.3 is 9.84 Å². The summed E-state index contributed by atoms with van der Waals surface area (Å²) in [6.07, 6.45) is 2.26. The van der Waals surface area contributed by atoms with Crippen LogP contribution in [0, 0.1) is 11.3 Å². The second-order valence-corrected chi connectivity index (χ2v) is 5.04. The SMILES string of the molecule is C[C@]12C[C@]3(CO)C[C@H]1C[C@H](O2)C3=O. The first-order chi connectivity index (χ1) is 6.10.